The first kappa shape index (κ1) is 6.69. The Morgan fingerprint density at radius 1 is 1.70 bits per heavy atom. The summed E-state index contributed by atoms with van der Waals surface area (Å²) in [7, 11) is 0. The first-order valence-electron chi connectivity index (χ1n) is 3.04. The van der Waals surface area contributed by atoms with Crippen LogP contribution in [0.15, 0.2) is 25.2 Å². The molecule has 0 saturated heterocycles. The molecule has 0 radical (unpaired) electrons. The minimum Gasteiger partial charge on any atom is -0.345 e. The van der Waals surface area contributed by atoms with Crippen LogP contribution < -0.4 is 0 Å². The fraction of sp³-hybridized carbons (Fsp3) is 0.286. The lowest BCUT2D eigenvalue weighted by molar-refractivity contribution is 0.342. The Balaban J connectivity index is 2.39. The molecule has 0 bridgehead atoms. The van der Waals surface area contributed by atoms with Crippen LogP contribution in [0.4, 0.5) is 0 Å². The topological polar surface area (TPSA) is 30.3 Å². The van der Waals surface area contributed by atoms with E-state index in [0.717, 1.165) is 6.67 Å². The molecule has 0 unspecified atom stereocenters. The van der Waals surface area contributed by atoms with Crippen LogP contribution in [0.5, 0.6) is 0 Å². The second-order valence-electron chi connectivity index (χ2n) is 2.04. The van der Waals surface area contributed by atoms with E-state index < -0.39 is 0 Å². The van der Waals surface area contributed by atoms with Crippen molar-refractivity contribution in [3.63, 3.8) is 0 Å². The summed E-state index contributed by atoms with van der Waals surface area (Å²) < 4.78 is 0. The molecule has 1 aliphatic heterocycles. The van der Waals surface area contributed by atoms with Crippen LogP contribution in [0.2, 0.25) is 0 Å². The Hall–Kier alpha value is -1.43. The van der Waals surface area contributed by atoms with E-state index in [1.165, 1.54) is 0 Å². The standard InChI is InChI=1S/C7H9N3/c1-2-9-5-6-10(7-9)4-3-8/h2,5-6H,1,4,7H2. The van der Waals surface area contributed by atoms with Gasteiger partial charge in [0.2, 0.25) is 0 Å². The van der Waals surface area contributed by atoms with Crippen molar-refractivity contribution in [1.29, 1.82) is 5.26 Å². The van der Waals surface area contributed by atoms with Crippen LogP contribution in [0, 0.1) is 11.3 Å². The molecule has 52 valence electrons. The van der Waals surface area contributed by atoms with Gasteiger partial charge >= 0.3 is 0 Å². The molecule has 1 aliphatic rings. The number of rotatable bonds is 2. The van der Waals surface area contributed by atoms with Gasteiger partial charge in [0.25, 0.3) is 0 Å². The second-order valence-corrected chi connectivity index (χ2v) is 2.04. The minimum absolute atomic E-state index is 0.445. The molecule has 0 amide bonds. The first-order chi connectivity index (χ1) is 4.86. The average molecular weight is 135 g/mol. The molecule has 0 aromatic rings. The van der Waals surface area contributed by atoms with Gasteiger partial charge in [-0.1, -0.05) is 6.58 Å². The largest absolute Gasteiger partial charge is 0.345 e. The summed E-state index contributed by atoms with van der Waals surface area (Å²) >= 11 is 0. The lowest BCUT2D eigenvalue weighted by Crippen LogP contribution is -2.21. The molecule has 10 heavy (non-hydrogen) atoms. The lowest BCUT2D eigenvalue weighted by Gasteiger charge is -2.14. The third-order valence-electron chi connectivity index (χ3n) is 1.32. The summed E-state index contributed by atoms with van der Waals surface area (Å²) in [6, 6.07) is 2.07. The number of nitrogens with zero attached hydrogens (tertiary/aromatic N) is 3. The maximum atomic E-state index is 8.32. The molecule has 0 fully saturated rings. The first-order valence-corrected chi connectivity index (χ1v) is 3.04. The molecule has 1 rings (SSSR count). The summed E-state index contributed by atoms with van der Waals surface area (Å²) in [6.07, 6.45) is 5.50. The van der Waals surface area contributed by atoms with E-state index in [-0.39, 0.29) is 0 Å². The van der Waals surface area contributed by atoms with E-state index in [2.05, 4.69) is 12.6 Å². The van der Waals surface area contributed by atoms with E-state index in [9.17, 15) is 0 Å². The van der Waals surface area contributed by atoms with Gasteiger partial charge in [-0.25, -0.2) is 0 Å². The van der Waals surface area contributed by atoms with Gasteiger partial charge < -0.3 is 9.80 Å². The highest BCUT2D eigenvalue weighted by molar-refractivity contribution is 4.97. The van der Waals surface area contributed by atoms with Crippen LogP contribution >= 0.6 is 0 Å². The minimum atomic E-state index is 0.445. The van der Waals surface area contributed by atoms with Gasteiger partial charge in [-0.15, -0.1) is 0 Å². The molecule has 0 aromatic carbocycles. The average Bonchev–Trinajstić information content (AvgIpc) is 2.37. The number of nitriles is 1. The van der Waals surface area contributed by atoms with Crippen molar-refractivity contribution in [3.05, 3.63) is 25.2 Å². The van der Waals surface area contributed by atoms with Gasteiger partial charge in [-0.3, -0.25) is 0 Å². The van der Waals surface area contributed by atoms with Crippen molar-refractivity contribution in [2.45, 2.75) is 0 Å². The summed E-state index contributed by atoms with van der Waals surface area (Å²) in [5.41, 5.74) is 0. The third-order valence-corrected chi connectivity index (χ3v) is 1.32. The predicted octanol–water partition coefficient (Wildman–Crippen LogP) is 0.700. The zero-order valence-corrected chi connectivity index (χ0v) is 5.70. The van der Waals surface area contributed by atoms with E-state index in [1.807, 2.05) is 22.2 Å². The molecule has 3 heteroatoms. The Morgan fingerprint density at radius 2 is 2.50 bits per heavy atom. The fourth-order valence-corrected chi connectivity index (χ4v) is 0.796. The molecule has 1 heterocycles. The van der Waals surface area contributed by atoms with Crippen molar-refractivity contribution >= 4 is 0 Å². The van der Waals surface area contributed by atoms with E-state index in [0.29, 0.717) is 6.54 Å². The highest BCUT2D eigenvalue weighted by Gasteiger charge is 2.07. The van der Waals surface area contributed by atoms with Gasteiger partial charge in [0.1, 0.15) is 6.54 Å². The molecule has 0 N–H and O–H groups in total. The van der Waals surface area contributed by atoms with Crippen molar-refractivity contribution < 1.29 is 0 Å². The van der Waals surface area contributed by atoms with Gasteiger partial charge in [0.05, 0.1) is 12.7 Å². The van der Waals surface area contributed by atoms with Crippen LogP contribution in [-0.4, -0.2) is 23.0 Å². The molecule has 0 spiro atoms. The van der Waals surface area contributed by atoms with Crippen molar-refractivity contribution in [3.8, 4) is 6.07 Å². The molecule has 3 nitrogen and oxygen atoms in total. The van der Waals surface area contributed by atoms with Crippen LogP contribution in [0.3, 0.4) is 0 Å². The third kappa shape index (κ3) is 1.29. The monoisotopic (exact) mass is 135 g/mol. The van der Waals surface area contributed by atoms with Crippen LogP contribution in [0.25, 0.3) is 0 Å². The van der Waals surface area contributed by atoms with Crippen LogP contribution in [-0.2, 0) is 0 Å². The van der Waals surface area contributed by atoms with Crippen LogP contribution in [0.1, 0.15) is 0 Å². The SMILES string of the molecule is C=CN1C=CN(CC#N)C1. The molecular weight excluding hydrogens is 126 g/mol. The quantitative estimate of drug-likeness (QED) is 0.522. The summed E-state index contributed by atoms with van der Waals surface area (Å²) in [5, 5.41) is 8.32. The number of hydrogen-bond acceptors (Lipinski definition) is 3. The van der Waals surface area contributed by atoms with Gasteiger partial charge in [-0.2, -0.15) is 5.26 Å². The Bertz CT molecular complexity index is 190. The van der Waals surface area contributed by atoms with Gasteiger partial charge in [0, 0.05) is 12.4 Å². The van der Waals surface area contributed by atoms with E-state index in [1.54, 1.807) is 6.20 Å². The fourth-order valence-electron chi connectivity index (χ4n) is 0.796. The summed E-state index contributed by atoms with van der Waals surface area (Å²) in [4.78, 5) is 3.82. The molecule has 0 aliphatic carbocycles. The normalized spacial score (nSPS) is 15.5. The predicted molar refractivity (Wildman–Crippen MR) is 38.4 cm³/mol. The summed E-state index contributed by atoms with van der Waals surface area (Å²) in [6.45, 7) is 4.79. The molecule has 0 saturated carbocycles. The molecule has 0 aromatic heterocycles. The van der Waals surface area contributed by atoms with Crippen molar-refractivity contribution in [2.75, 3.05) is 13.2 Å². The zero-order valence-electron chi connectivity index (χ0n) is 5.70. The second kappa shape index (κ2) is 2.92. The summed E-state index contributed by atoms with van der Waals surface area (Å²) in [5.74, 6) is 0. The van der Waals surface area contributed by atoms with Crippen molar-refractivity contribution in [2.24, 2.45) is 0 Å². The Labute approximate surface area is 60.5 Å². The van der Waals surface area contributed by atoms with Gasteiger partial charge in [0.15, 0.2) is 0 Å². The number of hydrogen-bond donors (Lipinski definition) is 0. The highest BCUT2D eigenvalue weighted by Crippen LogP contribution is 2.04. The van der Waals surface area contributed by atoms with Crippen molar-refractivity contribution in [1.82, 2.24) is 9.80 Å². The Morgan fingerprint density at radius 3 is 3.00 bits per heavy atom. The molecule has 0 atom stereocenters. The van der Waals surface area contributed by atoms with E-state index >= 15 is 0 Å². The van der Waals surface area contributed by atoms with Gasteiger partial charge in [-0.05, 0) is 6.20 Å². The Kier molecular flexibility index (Phi) is 1.96. The maximum absolute atomic E-state index is 8.32. The zero-order chi connectivity index (χ0) is 7.40. The lowest BCUT2D eigenvalue weighted by atomic mass is 10.6. The molecular formula is C7H9N3. The highest BCUT2D eigenvalue weighted by atomic mass is 15.3. The smallest absolute Gasteiger partial charge is 0.107 e. The maximum Gasteiger partial charge on any atom is 0.107 e. The van der Waals surface area contributed by atoms with E-state index in [4.69, 9.17) is 5.26 Å².